The quantitative estimate of drug-likeness (QED) is 0.484. The van der Waals surface area contributed by atoms with E-state index in [2.05, 4.69) is 5.48 Å². The number of amides is 1. The van der Waals surface area contributed by atoms with Crippen molar-refractivity contribution < 1.29 is 27.5 Å². The molecule has 0 fully saturated rings. The minimum absolute atomic E-state index is 0.0432. The molecule has 0 heterocycles. The van der Waals surface area contributed by atoms with Crippen LogP contribution < -0.4 is 10.2 Å². The van der Waals surface area contributed by atoms with E-state index in [9.17, 15) is 18.0 Å². The Morgan fingerprint density at radius 2 is 1.83 bits per heavy atom. The molecule has 0 radical (unpaired) electrons. The van der Waals surface area contributed by atoms with Crippen LogP contribution in [0.15, 0.2) is 12.1 Å². The number of hydrogen-bond donors (Lipinski definition) is 1. The summed E-state index contributed by atoms with van der Waals surface area (Å²) in [6.07, 6.45) is 0.346. The van der Waals surface area contributed by atoms with Crippen LogP contribution in [0.3, 0.4) is 0 Å². The lowest BCUT2D eigenvalue weighted by Gasteiger charge is -2.08. The normalized spacial score (nSPS) is 10.2. The molecule has 0 aliphatic rings. The summed E-state index contributed by atoms with van der Waals surface area (Å²) in [6, 6.07) is 1.05. The van der Waals surface area contributed by atoms with Crippen LogP contribution >= 0.6 is 0 Å². The van der Waals surface area contributed by atoms with E-state index in [0.29, 0.717) is 18.6 Å². The molecule has 0 spiro atoms. The van der Waals surface area contributed by atoms with Crippen molar-refractivity contribution in [3.8, 4) is 5.75 Å². The first kappa shape index (κ1) is 14.3. The van der Waals surface area contributed by atoms with E-state index in [1.165, 1.54) is 6.92 Å². The van der Waals surface area contributed by atoms with Crippen molar-refractivity contribution in [3.05, 3.63) is 29.6 Å². The molecule has 1 rings (SSSR count). The van der Waals surface area contributed by atoms with Gasteiger partial charge in [0.15, 0.2) is 23.2 Å². The maximum absolute atomic E-state index is 13.1. The summed E-state index contributed by atoms with van der Waals surface area (Å²) in [4.78, 5) is 15.1. The van der Waals surface area contributed by atoms with Crippen LogP contribution in [0, 0.1) is 17.5 Å². The summed E-state index contributed by atoms with van der Waals surface area (Å²) < 4.78 is 43.4. The van der Waals surface area contributed by atoms with Gasteiger partial charge in [-0.15, -0.1) is 0 Å². The molecule has 0 unspecified atom stereocenters. The van der Waals surface area contributed by atoms with Crippen molar-refractivity contribution in [2.24, 2.45) is 0 Å². The van der Waals surface area contributed by atoms with Crippen molar-refractivity contribution in [3.63, 3.8) is 0 Å². The Balaban J connectivity index is 2.31. The topological polar surface area (TPSA) is 47.6 Å². The minimum Gasteiger partial charge on any atom is -0.490 e. The molecular weight excluding hydrogens is 251 g/mol. The molecule has 4 nitrogen and oxygen atoms in total. The number of ether oxygens (including phenoxy) is 1. The molecule has 0 bridgehead atoms. The number of halogens is 3. The molecule has 1 amide bonds. The Morgan fingerprint density at radius 1 is 1.17 bits per heavy atom. The van der Waals surface area contributed by atoms with Crippen LogP contribution in [-0.2, 0) is 9.63 Å². The van der Waals surface area contributed by atoms with Gasteiger partial charge in [-0.1, -0.05) is 0 Å². The second kappa shape index (κ2) is 6.85. The van der Waals surface area contributed by atoms with Gasteiger partial charge in [-0.3, -0.25) is 9.63 Å². The SMILES string of the molecule is CC(=O)NOCCCOc1cc(F)c(F)cc1F. The van der Waals surface area contributed by atoms with Gasteiger partial charge in [0.2, 0.25) is 5.91 Å². The fraction of sp³-hybridized carbons (Fsp3) is 0.364. The molecular formula is C11H12F3NO3. The average Bonchev–Trinajstić information content (AvgIpc) is 2.29. The molecule has 100 valence electrons. The summed E-state index contributed by atoms with van der Waals surface area (Å²) in [7, 11) is 0. The molecule has 1 N–H and O–H groups in total. The first-order chi connectivity index (χ1) is 8.50. The molecule has 1 aromatic carbocycles. The highest BCUT2D eigenvalue weighted by Gasteiger charge is 2.10. The maximum atomic E-state index is 13.1. The lowest BCUT2D eigenvalue weighted by Crippen LogP contribution is -2.21. The van der Waals surface area contributed by atoms with Crippen molar-refractivity contribution in [1.82, 2.24) is 5.48 Å². The van der Waals surface area contributed by atoms with Crippen LogP contribution in [0.2, 0.25) is 0 Å². The molecule has 18 heavy (non-hydrogen) atoms. The van der Waals surface area contributed by atoms with Crippen LogP contribution in [0.5, 0.6) is 5.75 Å². The number of carbonyl (C=O) groups excluding carboxylic acids is 1. The summed E-state index contributed by atoms with van der Waals surface area (Å²) in [5.41, 5.74) is 2.09. The predicted molar refractivity (Wildman–Crippen MR) is 56.2 cm³/mol. The molecule has 0 aliphatic heterocycles. The highest BCUT2D eigenvalue weighted by molar-refractivity contribution is 5.71. The van der Waals surface area contributed by atoms with E-state index >= 15 is 0 Å². The summed E-state index contributed by atoms with van der Waals surface area (Å²) >= 11 is 0. The van der Waals surface area contributed by atoms with Crippen molar-refractivity contribution >= 4 is 5.91 Å². The van der Waals surface area contributed by atoms with E-state index in [1.807, 2.05) is 0 Å². The maximum Gasteiger partial charge on any atom is 0.240 e. The van der Waals surface area contributed by atoms with Gasteiger partial charge in [0.1, 0.15) is 0 Å². The van der Waals surface area contributed by atoms with Crippen LogP contribution in [0.25, 0.3) is 0 Å². The predicted octanol–water partition coefficient (Wildman–Crippen LogP) is 1.94. The monoisotopic (exact) mass is 263 g/mol. The Bertz CT molecular complexity index is 426. The third-order valence-electron chi connectivity index (χ3n) is 1.84. The van der Waals surface area contributed by atoms with E-state index in [-0.39, 0.29) is 24.9 Å². The first-order valence-corrected chi connectivity index (χ1v) is 5.16. The van der Waals surface area contributed by atoms with Crippen molar-refractivity contribution in [1.29, 1.82) is 0 Å². The van der Waals surface area contributed by atoms with Gasteiger partial charge in [-0.2, -0.15) is 0 Å². The molecule has 0 saturated carbocycles. The van der Waals surface area contributed by atoms with Gasteiger partial charge in [0, 0.05) is 25.5 Å². The van der Waals surface area contributed by atoms with Crippen LogP contribution in [0.4, 0.5) is 13.2 Å². The Morgan fingerprint density at radius 3 is 2.50 bits per heavy atom. The number of benzene rings is 1. The fourth-order valence-electron chi connectivity index (χ4n) is 1.08. The lowest BCUT2D eigenvalue weighted by atomic mass is 10.3. The number of carbonyl (C=O) groups is 1. The molecule has 0 saturated heterocycles. The molecule has 0 atom stereocenters. The molecule has 1 aromatic rings. The standard InChI is InChI=1S/C11H12F3NO3/c1-7(16)15-18-4-2-3-17-11-6-9(13)8(12)5-10(11)14/h5-6H,2-4H2,1H3,(H,15,16). The van der Waals surface area contributed by atoms with E-state index in [4.69, 9.17) is 9.57 Å². The van der Waals surface area contributed by atoms with Gasteiger partial charge in [-0.25, -0.2) is 18.7 Å². The van der Waals surface area contributed by atoms with Crippen molar-refractivity contribution in [2.75, 3.05) is 13.2 Å². The summed E-state index contributed by atoms with van der Waals surface area (Å²) in [5, 5.41) is 0. The zero-order valence-corrected chi connectivity index (χ0v) is 9.63. The zero-order valence-electron chi connectivity index (χ0n) is 9.63. The van der Waals surface area contributed by atoms with Crippen molar-refractivity contribution in [2.45, 2.75) is 13.3 Å². The third-order valence-corrected chi connectivity index (χ3v) is 1.84. The van der Waals surface area contributed by atoms with Gasteiger partial charge in [0.05, 0.1) is 13.2 Å². The van der Waals surface area contributed by atoms with Crippen LogP contribution in [0.1, 0.15) is 13.3 Å². The third kappa shape index (κ3) is 4.62. The van der Waals surface area contributed by atoms with Gasteiger partial charge in [-0.05, 0) is 0 Å². The number of rotatable bonds is 6. The Labute approximate surface area is 102 Å². The van der Waals surface area contributed by atoms with E-state index in [0.717, 1.165) is 0 Å². The average molecular weight is 263 g/mol. The Kier molecular flexibility index (Phi) is 5.44. The molecule has 0 aromatic heterocycles. The zero-order chi connectivity index (χ0) is 13.5. The van der Waals surface area contributed by atoms with Gasteiger partial charge >= 0.3 is 0 Å². The largest absolute Gasteiger partial charge is 0.490 e. The number of nitrogens with one attached hydrogen (secondary N) is 1. The second-order valence-electron chi connectivity index (χ2n) is 3.41. The summed E-state index contributed by atoms with van der Waals surface area (Å²) in [5.74, 6) is -4.14. The van der Waals surface area contributed by atoms with Gasteiger partial charge < -0.3 is 4.74 Å². The smallest absolute Gasteiger partial charge is 0.240 e. The Hall–Kier alpha value is -1.76. The fourth-order valence-corrected chi connectivity index (χ4v) is 1.08. The summed E-state index contributed by atoms with van der Waals surface area (Å²) in [6.45, 7) is 1.49. The first-order valence-electron chi connectivity index (χ1n) is 5.16. The highest BCUT2D eigenvalue weighted by atomic mass is 19.2. The van der Waals surface area contributed by atoms with E-state index in [1.54, 1.807) is 0 Å². The van der Waals surface area contributed by atoms with Gasteiger partial charge in [0.25, 0.3) is 0 Å². The highest BCUT2D eigenvalue weighted by Crippen LogP contribution is 2.20. The number of hydrogen-bond acceptors (Lipinski definition) is 3. The number of hydroxylamine groups is 1. The van der Waals surface area contributed by atoms with Crippen LogP contribution in [-0.4, -0.2) is 19.1 Å². The minimum atomic E-state index is -1.27. The molecule has 0 aliphatic carbocycles. The van der Waals surface area contributed by atoms with E-state index < -0.39 is 17.5 Å². The second-order valence-corrected chi connectivity index (χ2v) is 3.41. The lowest BCUT2D eigenvalue weighted by molar-refractivity contribution is -0.131. The molecule has 7 heteroatoms.